The molecule has 4 nitrogen and oxygen atoms in total. The zero-order valence-electron chi connectivity index (χ0n) is 14.6. The Hall–Kier alpha value is -2.49. The number of aryl methyl sites for hydroxylation is 1. The first-order valence-corrected chi connectivity index (χ1v) is 8.33. The summed E-state index contributed by atoms with van der Waals surface area (Å²) < 4.78 is 5.13. The molecule has 0 saturated heterocycles. The summed E-state index contributed by atoms with van der Waals surface area (Å²) in [5.41, 5.74) is 2.19. The van der Waals surface area contributed by atoms with Crippen LogP contribution in [0.1, 0.15) is 25.8 Å². The van der Waals surface area contributed by atoms with E-state index in [1.807, 2.05) is 56.3 Å². The van der Waals surface area contributed by atoms with Gasteiger partial charge in [-0.15, -0.1) is 0 Å². The van der Waals surface area contributed by atoms with Gasteiger partial charge >= 0.3 is 0 Å². The molecule has 1 amide bonds. The fourth-order valence-electron chi connectivity index (χ4n) is 2.47. The number of benzene rings is 2. The molecule has 0 spiro atoms. The molecule has 4 heteroatoms. The third-order valence-corrected chi connectivity index (χ3v) is 3.96. The third kappa shape index (κ3) is 5.61. The highest BCUT2D eigenvalue weighted by Crippen LogP contribution is 2.15. The lowest BCUT2D eigenvalue weighted by Gasteiger charge is -2.19. The van der Waals surface area contributed by atoms with E-state index in [0.29, 0.717) is 0 Å². The smallest absolute Gasteiger partial charge is 0.242 e. The Morgan fingerprint density at radius 2 is 1.71 bits per heavy atom. The van der Waals surface area contributed by atoms with Crippen molar-refractivity contribution < 1.29 is 9.53 Å². The van der Waals surface area contributed by atoms with Crippen molar-refractivity contribution in [1.82, 2.24) is 5.32 Å². The van der Waals surface area contributed by atoms with Crippen LogP contribution in [0.25, 0.3) is 0 Å². The molecule has 128 valence electrons. The van der Waals surface area contributed by atoms with Crippen LogP contribution in [0.2, 0.25) is 0 Å². The number of methoxy groups -OCH3 is 1. The lowest BCUT2D eigenvalue weighted by Crippen LogP contribution is -2.42. The number of hydrogen-bond donors (Lipinski definition) is 2. The predicted molar refractivity (Wildman–Crippen MR) is 98.4 cm³/mol. The standard InChI is InChI=1S/C20H26N2O2/c1-15(9-10-17-7-5-4-6-8-17)21-20(23)16(2)22-18-11-13-19(24-3)14-12-18/h4-8,11-16,22H,9-10H2,1-3H3,(H,21,23). The second-order valence-electron chi connectivity index (χ2n) is 6.03. The van der Waals surface area contributed by atoms with Gasteiger partial charge in [-0.3, -0.25) is 4.79 Å². The van der Waals surface area contributed by atoms with E-state index in [1.54, 1.807) is 7.11 Å². The maximum Gasteiger partial charge on any atom is 0.242 e. The minimum absolute atomic E-state index is 0.00591. The van der Waals surface area contributed by atoms with Crippen molar-refractivity contribution in [2.24, 2.45) is 0 Å². The molecule has 2 unspecified atom stereocenters. The number of hydrogen-bond acceptors (Lipinski definition) is 3. The first-order chi connectivity index (χ1) is 11.6. The van der Waals surface area contributed by atoms with Crippen LogP contribution in [0.4, 0.5) is 5.69 Å². The summed E-state index contributed by atoms with van der Waals surface area (Å²) in [6.45, 7) is 3.91. The van der Waals surface area contributed by atoms with E-state index in [4.69, 9.17) is 4.74 Å². The lowest BCUT2D eigenvalue weighted by atomic mass is 10.1. The molecule has 2 aromatic carbocycles. The maximum absolute atomic E-state index is 12.3. The molecular weight excluding hydrogens is 300 g/mol. The SMILES string of the molecule is COc1ccc(NC(C)C(=O)NC(C)CCc2ccccc2)cc1. The average molecular weight is 326 g/mol. The molecule has 0 aliphatic heterocycles. The van der Waals surface area contributed by atoms with E-state index in [9.17, 15) is 4.79 Å². The van der Waals surface area contributed by atoms with Crippen molar-refractivity contribution in [1.29, 1.82) is 0 Å². The van der Waals surface area contributed by atoms with Gasteiger partial charge in [-0.1, -0.05) is 30.3 Å². The van der Waals surface area contributed by atoms with Crippen molar-refractivity contribution >= 4 is 11.6 Å². The van der Waals surface area contributed by atoms with Gasteiger partial charge in [0.25, 0.3) is 0 Å². The molecule has 0 aromatic heterocycles. The van der Waals surface area contributed by atoms with E-state index in [1.165, 1.54) is 5.56 Å². The Morgan fingerprint density at radius 1 is 1.04 bits per heavy atom. The number of ether oxygens (including phenoxy) is 1. The Morgan fingerprint density at radius 3 is 2.33 bits per heavy atom. The molecule has 24 heavy (non-hydrogen) atoms. The molecular formula is C20H26N2O2. The molecule has 0 bridgehead atoms. The summed E-state index contributed by atoms with van der Waals surface area (Å²) in [4.78, 5) is 12.3. The quantitative estimate of drug-likeness (QED) is 0.779. The van der Waals surface area contributed by atoms with E-state index in [-0.39, 0.29) is 18.0 Å². The summed E-state index contributed by atoms with van der Waals surface area (Å²) in [5, 5.41) is 6.27. The van der Waals surface area contributed by atoms with Gasteiger partial charge in [-0.2, -0.15) is 0 Å². The van der Waals surface area contributed by atoms with Crippen molar-refractivity contribution in [3.63, 3.8) is 0 Å². The Bertz CT molecular complexity index is 626. The molecule has 2 aromatic rings. The largest absolute Gasteiger partial charge is 0.497 e. The highest BCUT2D eigenvalue weighted by molar-refractivity contribution is 5.84. The summed E-state index contributed by atoms with van der Waals surface area (Å²) in [6, 6.07) is 17.7. The Kier molecular flexibility index (Phi) is 6.67. The summed E-state index contributed by atoms with van der Waals surface area (Å²) in [5.74, 6) is 0.804. The molecule has 0 aliphatic carbocycles. The molecule has 2 N–H and O–H groups in total. The zero-order valence-corrected chi connectivity index (χ0v) is 14.6. The monoisotopic (exact) mass is 326 g/mol. The van der Waals surface area contributed by atoms with Crippen molar-refractivity contribution in [2.75, 3.05) is 12.4 Å². The van der Waals surface area contributed by atoms with Crippen LogP contribution >= 0.6 is 0 Å². The van der Waals surface area contributed by atoms with Crippen LogP contribution in [0.15, 0.2) is 54.6 Å². The molecule has 0 fully saturated rings. The van der Waals surface area contributed by atoms with Gasteiger partial charge in [0.1, 0.15) is 11.8 Å². The third-order valence-electron chi connectivity index (χ3n) is 3.96. The van der Waals surface area contributed by atoms with Gasteiger partial charge in [-0.05, 0) is 56.5 Å². The van der Waals surface area contributed by atoms with Crippen LogP contribution in [0, 0.1) is 0 Å². The normalized spacial score (nSPS) is 13.0. The van der Waals surface area contributed by atoms with Gasteiger partial charge < -0.3 is 15.4 Å². The minimum Gasteiger partial charge on any atom is -0.497 e. The van der Waals surface area contributed by atoms with Crippen molar-refractivity contribution in [2.45, 2.75) is 38.8 Å². The second kappa shape index (κ2) is 8.96. The molecule has 0 aliphatic rings. The van der Waals surface area contributed by atoms with Gasteiger partial charge in [0.2, 0.25) is 5.91 Å². The summed E-state index contributed by atoms with van der Waals surface area (Å²) in [7, 11) is 1.63. The van der Waals surface area contributed by atoms with Crippen LogP contribution in [0.3, 0.4) is 0 Å². The van der Waals surface area contributed by atoms with Crippen LogP contribution in [0.5, 0.6) is 5.75 Å². The van der Waals surface area contributed by atoms with Gasteiger partial charge in [0.05, 0.1) is 7.11 Å². The summed E-state index contributed by atoms with van der Waals surface area (Å²) in [6.07, 6.45) is 1.88. The molecule has 0 saturated carbocycles. The van der Waals surface area contributed by atoms with E-state index >= 15 is 0 Å². The maximum atomic E-state index is 12.3. The van der Waals surface area contributed by atoms with Crippen molar-refractivity contribution in [3.05, 3.63) is 60.2 Å². The van der Waals surface area contributed by atoms with Crippen LogP contribution in [-0.4, -0.2) is 25.1 Å². The highest BCUT2D eigenvalue weighted by Gasteiger charge is 2.15. The topological polar surface area (TPSA) is 50.4 Å². The molecule has 2 atom stereocenters. The molecule has 0 heterocycles. The molecule has 0 radical (unpaired) electrons. The fraction of sp³-hybridized carbons (Fsp3) is 0.350. The Balaban J connectivity index is 1.77. The number of nitrogens with one attached hydrogen (secondary N) is 2. The second-order valence-corrected chi connectivity index (χ2v) is 6.03. The predicted octanol–water partition coefficient (Wildman–Crippen LogP) is 3.63. The summed E-state index contributed by atoms with van der Waals surface area (Å²) >= 11 is 0. The van der Waals surface area contributed by atoms with Crippen LogP contribution < -0.4 is 15.4 Å². The number of carbonyl (C=O) groups is 1. The van der Waals surface area contributed by atoms with Crippen LogP contribution in [-0.2, 0) is 11.2 Å². The van der Waals surface area contributed by atoms with E-state index in [0.717, 1.165) is 24.3 Å². The zero-order chi connectivity index (χ0) is 17.4. The fourth-order valence-corrected chi connectivity index (χ4v) is 2.47. The lowest BCUT2D eigenvalue weighted by molar-refractivity contribution is -0.122. The first-order valence-electron chi connectivity index (χ1n) is 8.33. The van der Waals surface area contributed by atoms with Gasteiger partial charge in [-0.25, -0.2) is 0 Å². The highest BCUT2D eigenvalue weighted by atomic mass is 16.5. The van der Waals surface area contributed by atoms with E-state index < -0.39 is 0 Å². The number of anilines is 1. The van der Waals surface area contributed by atoms with E-state index in [2.05, 4.69) is 22.8 Å². The Labute approximate surface area is 144 Å². The minimum atomic E-state index is -0.294. The van der Waals surface area contributed by atoms with Crippen molar-refractivity contribution in [3.8, 4) is 5.75 Å². The number of rotatable bonds is 8. The number of amides is 1. The molecule has 2 rings (SSSR count). The van der Waals surface area contributed by atoms with Gasteiger partial charge in [0.15, 0.2) is 0 Å². The first kappa shape index (κ1) is 17.9. The van der Waals surface area contributed by atoms with Gasteiger partial charge in [0, 0.05) is 11.7 Å². The average Bonchev–Trinajstić information content (AvgIpc) is 2.61. The number of carbonyl (C=O) groups excluding carboxylic acids is 1.